The monoisotopic (exact) mass is 297 g/mol. The molecule has 1 atom stereocenters. The molecule has 0 radical (unpaired) electrons. The van der Waals surface area contributed by atoms with E-state index in [0.717, 1.165) is 17.8 Å². The van der Waals surface area contributed by atoms with Gasteiger partial charge in [-0.2, -0.15) is 0 Å². The minimum atomic E-state index is 0.128. The Hall–Kier alpha value is -2.60. The van der Waals surface area contributed by atoms with Gasteiger partial charge < -0.3 is 18.8 Å². The van der Waals surface area contributed by atoms with Gasteiger partial charge >= 0.3 is 0 Å². The Labute approximate surface area is 127 Å². The largest absolute Gasteiger partial charge is 0.459 e. The summed E-state index contributed by atoms with van der Waals surface area (Å²) < 4.78 is 10.9. The smallest absolute Gasteiger partial charge is 0.283 e. The molecule has 6 heteroatoms. The predicted molar refractivity (Wildman–Crippen MR) is 79.3 cm³/mol. The molecule has 4 rings (SSSR count). The number of furan rings is 1. The molecule has 3 aromatic rings. The number of para-hydroxylation sites is 1. The second-order valence-electron chi connectivity index (χ2n) is 5.30. The molecule has 1 aromatic carbocycles. The van der Waals surface area contributed by atoms with Crippen LogP contribution in [0.2, 0.25) is 0 Å². The molecule has 22 heavy (non-hydrogen) atoms. The van der Waals surface area contributed by atoms with Crippen LogP contribution in [0.3, 0.4) is 0 Å². The fourth-order valence-electron chi connectivity index (χ4n) is 2.87. The molecule has 1 N–H and O–H groups in total. The second-order valence-corrected chi connectivity index (χ2v) is 5.30. The molecule has 0 saturated heterocycles. The summed E-state index contributed by atoms with van der Waals surface area (Å²) >= 11 is 0. The molecular formula is C16H15N3O3. The van der Waals surface area contributed by atoms with Crippen molar-refractivity contribution in [1.29, 1.82) is 0 Å². The highest BCUT2D eigenvalue weighted by Crippen LogP contribution is 2.36. The maximum absolute atomic E-state index is 9.54. The lowest BCUT2D eigenvalue weighted by atomic mass is 10.0. The molecule has 3 heterocycles. The Bertz CT molecular complexity index is 767. The standard InChI is InChI=1S/C16H15N3O3/c20-10-11-8-19(13-5-2-1-4-12(11)13)9-15-17-18-16(22-15)14-6-3-7-21-14/h1-7,11,20H,8-10H2. The predicted octanol–water partition coefficient (Wildman–Crippen LogP) is 2.43. The van der Waals surface area contributed by atoms with Crippen LogP contribution < -0.4 is 4.90 Å². The minimum Gasteiger partial charge on any atom is -0.459 e. The summed E-state index contributed by atoms with van der Waals surface area (Å²) in [5.41, 5.74) is 2.27. The molecule has 112 valence electrons. The van der Waals surface area contributed by atoms with E-state index >= 15 is 0 Å². The Morgan fingerprint density at radius 3 is 2.91 bits per heavy atom. The SMILES string of the molecule is OCC1CN(Cc2nnc(-c3ccco3)o2)c2ccccc21. The van der Waals surface area contributed by atoms with Gasteiger partial charge in [-0.15, -0.1) is 10.2 Å². The van der Waals surface area contributed by atoms with Gasteiger partial charge in [0.1, 0.15) is 0 Å². The number of rotatable bonds is 4. The first-order chi connectivity index (χ1) is 10.8. The number of aliphatic hydroxyl groups is 1. The number of nitrogens with zero attached hydrogens (tertiary/aromatic N) is 3. The van der Waals surface area contributed by atoms with Gasteiger partial charge in [0.05, 0.1) is 19.4 Å². The number of fused-ring (bicyclic) bond motifs is 1. The molecule has 0 aliphatic carbocycles. The third kappa shape index (κ3) is 2.17. The number of anilines is 1. The van der Waals surface area contributed by atoms with Crippen LogP contribution in [0.5, 0.6) is 0 Å². The van der Waals surface area contributed by atoms with E-state index in [1.807, 2.05) is 12.1 Å². The van der Waals surface area contributed by atoms with E-state index in [1.165, 1.54) is 0 Å². The number of hydrogen-bond acceptors (Lipinski definition) is 6. The second kappa shape index (κ2) is 5.31. The lowest BCUT2D eigenvalue weighted by Gasteiger charge is -2.17. The van der Waals surface area contributed by atoms with Crippen molar-refractivity contribution in [2.24, 2.45) is 0 Å². The van der Waals surface area contributed by atoms with E-state index in [9.17, 15) is 5.11 Å². The van der Waals surface area contributed by atoms with Gasteiger partial charge in [0, 0.05) is 18.2 Å². The highest BCUT2D eigenvalue weighted by molar-refractivity contribution is 5.60. The van der Waals surface area contributed by atoms with Gasteiger partial charge in [0.2, 0.25) is 5.89 Å². The molecule has 0 bridgehead atoms. The summed E-state index contributed by atoms with van der Waals surface area (Å²) in [6.45, 7) is 1.39. The molecule has 0 spiro atoms. The topological polar surface area (TPSA) is 75.5 Å². The normalized spacial score (nSPS) is 17.0. The fraction of sp³-hybridized carbons (Fsp3) is 0.250. The summed E-state index contributed by atoms with van der Waals surface area (Å²) in [5, 5.41) is 17.6. The molecule has 1 aliphatic heterocycles. The lowest BCUT2D eigenvalue weighted by molar-refractivity contribution is 0.270. The van der Waals surface area contributed by atoms with Crippen molar-refractivity contribution in [3.05, 3.63) is 54.1 Å². The molecular weight excluding hydrogens is 282 g/mol. The van der Waals surface area contributed by atoms with E-state index < -0.39 is 0 Å². The van der Waals surface area contributed by atoms with E-state index in [2.05, 4.69) is 27.2 Å². The summed E-state index contributed by atoms with van der Waals surface area (Å²) in [4.78, 5) is 2.15. The van der Waals surface area contributed by atoms with Crippen LogP contribution in [0.25, 0.3) is 11.7 Å². The van der Waals surface area contributed by atoms with Gasteiger partial charge in [-0.05, 0) is 23.8 Å². The lowest BCUT2D eigenvalue weighted by Crippen LogP contribution is -2.22. The molecule has 0 fully saturated rings. The molecule has 6 nitrogen and oxygen atoms in total. The quantitative estimate of drug-likeness (QED) is 0.797. The molecule has 2 aromatic heterocycles. The average molecular weight is 297 g/mol. The Morgan fingerprint density at radius 1 is 1.18 bits per heavy atom. The van der Waals surface area contributed by atoms with E-state index in [1.54, 1.807) is 18.4 Å². The summed E-state index contributed by atoms with van der Waals surface area (Å²) in [6, 6.07) is 11.7. The van der Waals surface area contributed by atoms with Crippen LogP contribution in [0.4, 0.5) is 5.69 Å². The van der Waals surface area contributed by atoms with Crippen molar-refractivity contribution < 1.29 is 13.9 Å². The highest BCUT2D eigenvalue weighted by atomic mass is 16.4. The number of hydrogen-bond donors (Lipinski definition) is 1. The first-order valence-electron chi connectivity index (χ1n) is 7.16. The van der Waals surface area contributed by atoms with Crippen LogP contribution in [0, 0.1) is 0 Å². The highest BCUT2D eigenvalue weighted by Gasteiger charge is 2.28. The van der Waals surface area contributed by atoms with E-state index in [0.29, 0.717) is 24.1 Å². The zero-order chi connectivity index (χ0) is 14.9. The minimum absolute atomic E-state index is 0.128. The van der Waals surface area contributed by atoms with Gasteiger partial charge in [-0.1, -0.05) is 18.2 Å². The Kier molecular flexibility index (Phi) is 3.16. The summed E-state index contributed by atoms with van der Waals surface area (Å²) in [5.74, 6) is 1.60. The van der Waals surface area contributed by atoms with Crippen molar-refractivity contribution in [3.63, 3.8) is 0 Å². The zero-order valence-corrected chi connectivity index (χ0v) is 11.8. The Balaban J connectivity index is 1.57. The third-order valence-electron chi connectivity index (χ3n) is 3.90. The van der Waals surface area contributed by atoms with Crippen LogP contribution in [-0.4, -0.2) is 28.5 Å². The van der Waals surface area contributed by atoms with Crippen molar-refractivity contribution in [2.45, 2.75) is 12.5 Å². The maximum atomic E-state index is 9.54. The molecule has 0 amide bonds. The van der Waals surface area contributed by atoms with Crippen molar-refractivity contribution in [1.82, 2.24) is 10.2 Å². The Morgan fingerprint density at radius 2 is 2.09 bits per heavy atom. The third-order valence-corrected chi connectivity index (χ3v) is 3.90. The van der Waals surface area contributed by atoms with Crippen molar-refractivity contribution in [3.8, 4) is 11.7 Å². The van der Waals surface area contributed by atoms with Gasteiger partial charge in [-0.3, -0.25) is 0 Å². The fourth-order valence-corrected chi connectivity index (χ4v) is 2.87. The van der Waals surface area contributed by atoms with Crippen molar-refractivity contribution in [2.75, 3.05) is 18.1 Å². The van der Waals surface area contributed by atoms with Crippen LogP contribution in [-0.2, 0) is 6.54 Å². The maximum Gasteiger partial charge on any atom is 0.283 e. The summed E-state index contributed by atoms with van der Waals surface area (Å²) in [6.07, 6.45) is 1.57. The molecule has 0 saturated carbocycles. The first kappa shape index (κ1) is 13.1. The van der Waals surface area contributed by atoms with Crippen LogP contribution in [0.1, 0.15) is 17.4 Å². The summed E-state index contributed by atoms with van der Waals surface area (Å²) in [7, 11) is 0. The molecule has 1 unspecified atom stereocenters. The average Bonchev–Trinajstić information content (AvgIpc) is 3.27. The number of aromatic nitrogens is 2. The van der Waals surface area contributed by atoms with E-state index in [4.69, 9.17) is 8.83 Å². The number of benzene rings is 1. The van der Waals surface area contributed by atoms with Gasteiger partial charge in [-0.25, -0.2) is 0 Å². The van der Waals surface area contributed by atoms with Crippen LogP contribution >= 0.6 is 0 Å². The van der Waals surface area contributed by atoms with E-state index in [-0.39, 0.29) is 12.5 Å². The van der Waals surface area contributed by atoms with Crippen molar-refractivity contribution >= 4 is 5.69 Å². The van der Waals surface area contributed by atoms with Gasteiger partial charge in [0.25, 0.3) is 5.89 Å². The number of aliphatic hydroxyl groups excluding tert-OH is 1. The van der Waals surface area contributed by atoms with Gasteiger partial charge in [0.15, 0.2) is 5.76 Å². The zero-order valence-electron chi connectivity index (χ0n) is 11.8. The first-order valence-corrected chi connectivity index (χ1v) is 7.16. The van der Waals surface area contributed by atoms with Crippen LogP contribution in [0.15, 0.2) is 51.5 Å². The molecule has 1 aliphatic rings.